The first kappa shape index (κ1) is 14.0. The highest BCUT2D eigenvalue weighted by atomic mass is 16.5. The van der Waals surface area contributed by atoms with Crippen LogP contribution in [0.1, 0.15) is 30.9 Å². The van der Waals surface area contributed by atoms with Gasteiger partial charge in [-0.05, 0) is 31.5 Å². The number of nitrogens with zero attached hydrogens (tertiary/aromatic N) is 1. The summed E-state index contributed by atoms with van der Waals surface area (Å²) in [5.74, 6) is 0.144. The van der Waals surface area contributed by atoms with E-state index in [0.717, 1.165) is 25.1 Å². The van der Waals surface area contributed by atoms with Gasteiger partial charge in [-0.2, -0.15) is 0 Å². The maximum absolute atomic E-state index is 12.3. The predicted octanol–water partition coefficient (Wildman–Crippen LogP) is 2.11. The van der Waals surface area contributed by atoms with Crippen molar-refractivity contribution in [2.75, 3.05) is 32.2 Å². The average Bonchev–Trinajstić information content (AvgIpc) is 2.64. The molecule has 0 fully saturated rings. The molecule has 4 heteroatoms. The molecule has 1 aliphatic rings. The molecular weight excluding hydrogens is 240 g/mol. The molecule has 0 radical (unpaired) electrons. The number of nitrogens with one attached hydrogen (secondary N) is 1. The number of methoxy groups -OCH3 is 1. The lowest BCUT2D eigenvalue weighted by Crippen LogP contribution is -2.32. The fourth-order valence-electron chi connectivity index (χ4n) is 2.64. The molecule has 0 saturated carbocycles. The zero-order valence-electron chi connectivity index (χ0n) is 11.7. The van der Waals surface area contributed by atoms with E-state index in [1.165, 1.54) is 5.56 Å². The SMILES string of the molecule is CNC1CCCN(C(=O)CCOC)c2ccccc21. The number of rotatable bonds is 4. The second-order valence-corrected chi connectivity index (χ2v) is 4.83. The van der Waals surface area contributed by atoms with Crippen LogP contribution in [0.2, 0.25) is 0 Å². The number of anilines is 1. The van der Waals surface area contributed by atoms with Crippen molar-refractivity contribution in [3.8, 4) is 0 Å². The van der Waals surface area contributed by atoms with Gasteiger partial charge >= 0.3 is 0 Å². The van der Waals surface area contributed by atoms with E-state index in [-0.39, 0.29) is 5.91 Å². The van der Waals surface area contributed by atoms with E-state index < -0.39 is 0 Å². The zero-order valence-corrected chi connectivity index (χ0v) is 11.7. The zero-order chi connectivity index (χ0) is 13.7. The lowest BCUT2D eigenvalue weighted by molar-refractivity contribution is -0.119. The number of hydrogen-bond acceptors (Lipinski definition) is 3. The Morgan fingerprint density at radius 3 is 3.00 bits per heavy atom. The largest absolute Gasteiger partial charge is 0.384 e. The third-order valence-electron chi connectivity index (χ3n) is 3.65. The van der Waals surface area contributed by atoms with Gasteiger partial charge in [-0.15, -0.1) is 0 Å². The number of para-hydroxylation sites is 1. The van der Waals surface area contributed by atoms with Gasteiger partial charge < -0.3 is 15.0 Å². The molecule has 1 aromatic carbocycles. The molecule has 104 valence electrons. The molecule has 0 aliphatic carbocycles. The maximum atomic E-state index is 12.3. The van der Waals surface area contributed by atoms with Gasteiger partial charge in [0.1, 0.15) is 0 Å². The Morgan fingerprint density at radius 1 is 1.47 bits per heavy atom. The smallest absolute Gasteiger partial charge is 0.229 e. The number of amides is 1. The van der Waals surface area contributed by atoms with Crippen LogP contribution in [0.4, 0.5) is 5.69 Å². The van der Waals surface area contributed by atoms with Crippen molar-refractivity contribution < 1.29 is 9.53 Å². The van der Waals surface area contributed by atoms with E-state index in [4.69, 9.17) is 4.74 Å². The minimum absolute atomic E-state index is 0.144. The standard InChI is InChI=1S/C15H22N2O2/c1-16-13-7-5-10-17(15(18)9-11-19-2)14-8-4-3-6-12(13)14/h3-4,6,8,13,16H,5,7,9-11H2,1-2H3. The number of fused-ring (bicyclic) bond motifs is 1. The van der Waals surface area contributed by atoms with Gasteiger partial charge in [0.2, 0.25) is 5.91 Å². The van der Waals surface area contributed by atoms with Crippen molar-refractivity contribution >= 4 is 11.6 Å². The molecule has 1 unspecified atom stereocenters. The highest BCUT2D eigenvalue weighted by molar-refractivity contribution is 5.94. The molecule has 0 saturated heterocycles. The number of carbonyl (C=O) groups excluding carboxylic acids is 1. The molecular formula is C15H22N2O2. The minimum atomic E-state index is 0.144. The second-order valence-electron chi connectivity index (χ2n) is 4.83. The number of hydrogen-bond donors (Lipinski definition) is 1. The van der Waals surface area contributed by atoms with Crippen LogP contribution in [-0.2, 0) is 9.53 Å². The van der Waals surface area contributed by atoms with Crippen LogP contribution in [-0.4, -0.2) is 33.2 Å². The van der Waals surface area contributed by atoms with Crippen LogP contribution < -0.4 is 10.2 Å². The van der Waals surface area contributed by atoms with Gasteiger partial charge in [-0.25, -0.2) is 0 Å². The first-order valence-corrected chi connectivity index (χ1v) is 6.83. The topological polar surface area (TPSA) is 41.6 Å². The van der Waals surface area contributed by atoms with Crippen LogP contribution in [0.5, 0.6) is 0 Å². The van der Waals surface area contributed by atoms with Crippen molar-refractivity contribution in [1.82, 2.24) is 5.32 Å². The van der Waals surface area contributed by atoms with Crippen molar-refractivity contribution in [3.05, 3.63) is 29.8 Å². The summed E-state index contributed by atoms with van der Waals surface area (Å²) in [6.45, 7) is 1.27. The summed E-state index contributed by atoms with van der Waals surface area (Å²) < 4.78 is 5.00. The normalized spacial score (nSPS) is 18.8. The Hall–Kier alpha value is -1.39. The van der Waals surface area contributed by atoms with Gasteiger partial charge in [-0.1, -0.05) is 18.2 Å². The Labute approximate surface area is 114 Å². The molecule has 1 aliphatic heterocycles. The molecule has 19 heavy (non-hydrogen) atoms. The summed E-state index contributed by atoms with van der Waals surface area (Å²) in [4.78, 5) is 14.2. The van der Waals surface area contributed by atoms with Crippen LogP contribution in [0.25, 0.3) is 0 Å². The molecule has 1 N–H and O–H groups in total. The third-order valence-corrected chi connectivity index (χ3v) is 3.65. The first-order chi connectivity index (χ1) is 9.27. The third kappa shape index (κ3) is 3.14. The van der Waals surface area contributed by atoms with Crippen molar-refractivity contribution in [1.29, 1.82) is 0 Å². The summed E-state index contributed by atoms with van der Waals surface area (Å²) >= 11 is 0. The molecule has 0 spiro atoms. The van der Waals surface area contributed by atoms with Crippen LogP contribution in [0, 0.1) is 0 Å². The molecule has 4 nitrogen and oxygen atoms in total. The molecule has 1 amide bonds. The Kier molecular flexibility index (Phi) is 4.93. The fourth-order valence-corrected chi connectivity index (χ4v) is 2.64. The highest BCUT2D eigenvalue weighted by Gasteiger charge is 2.24. The maximum Gasteiger partial charge on any atom is 0.229 e. The van der Waals surface area contributed by atoms with Gasteiger partial charge in [-0.3, -0.25) is 4.79 Å². The van der Waals surface area contributed by atoms with Gasteiger partial charge in [0.25, 0.3) is 0 Å². The van der Waals surface area contributed by atoms with E-state index >= 15 is 0 Å². The quantitative estimate of drug-likeness (QED) is 0.903. The van der Waals surface area contributed by atoms with Gasteiger partial charge in [0, 0.05) is 25.4 Å². The van der Waals surface area contributed by atoms with Crippen LogP contribution in [0.3, 0.4) is 0 Å². The Morgan fingerprint density at radius 2 is 2.26 bits per heavy atom. The summed E-state index contributed by atoms with van der Waals surface area (Å²) in [6.07, 6.45) is 2.51. The predicted molar refractivity (Wildman–Crippen MR) is 76.3 cm³/mol. The van der Waals surface area contributed by atoms with Crippen LogP contribution >= 0.6 is 0 Å². The summed E-state index contributed by atoms with van der Waals surface area (Å²) in [6, 6.07) is 8.50. The molecule has 0 aromatic heterocycles. The number of benzene rings is 1. The average molecular weight is 262 g/mol. The number of ether oxygens (including phenoxy) is 1. The van der Waals surface area contributed by atoms with Crippen molar-refractivity contribution in [2.24, 2.45) is 0 Å². The van der Waals surface area contributed by atoms with Crippen LogP contribution in [0.15, 0.2) is 24.3 Å². The molecule has 1 atom stereocenters. The minimum Gasteiger partial charge on any atom is -0.384 e. The Bertz CT molecular complexity index is 434. The van der Waals surface area contributed by atoms with E-state index in [0.29, 0.717) is 19.1 Å². The lowest BCUT2D eigenvalue weighted by atomic mass is 10.0. The summed E-state index contributed by atoms with van der Waals surface area (Å²) in [5, 5.41) is 3.34. The second kappa shape index (κ2) is 6.68. The van der Waals surface area contributed by atoms with Gasteiger partial charge in [0.15, 0.2) is 0 Å². The molecule has 1 heterocycles. The summed E-state index contributed by atoms with van der Waals surface area (Å²) in [7, 11) is 3.60. The first-order valence-electron chi connectivity index (χ1n) is 6.83. The molecule has 0 bridgehead atoms. The van der Waals surface area contributed by atoms with E-state index in [1.54, 1.807) is 7.11 Å². The van der Waals surface area contributed by atoms with Crippen molar-refractivity contribution in [2.45, 2.75) is 25.3 Å². The number of carbonyl (C=O) groups is 1. The van der Waals surface area contributed by atoms with Crippen molar-refractivity contribution in [3.63, 3.8) is 0 Å². The van der Waals surface area contributed by atoms with E-state index in [1.807, 2.05) is 30.1 Å². The molecule has 2 rings (SSSR count). The Balaban J connectivity index is 2.27. The summed E-state index contributed by atoms with van der Waals surface area (Å²) in [5.41, 5.74) is 2.26. The lowest BCUT2D eigenvalue weighted by Gasteiger charge is -2.24. The van der Waals surface area contributed by atoms with Gasteiger partial charge in [0.05, 0.1) is 13.0 Å². The van der Waals surface area contributed by atoms with E-state index in [9.17, 15) is 4.79 Å². The molecule has 1 aromatic rings. The highest BCUT2D eigenvalue weighted by Crippen LogP contribution is 2.32. The fraction of sp³-hybridized carbons (Fsp3) is 0.533. The monoisotopic (exact) mass is 262 g/mol. The van der Waals surface area contributed by atoms with E-state index in [2.05, 4.69) is 11.4 Å².